The summed E-state index contributed by atoms with van der Waals surface area (Å²) in [5, 5.41) is 0.655. The van der Waals surface area contributed by atoms with E-state index in [1.807, 2.05) is 80.2 Å². The largest absolute Gasteiger partial charge is 0.366 e. The van der Waals surface area contributed by atoms with Crippen molar-refractivity contribution in [2.45, 2.75) is 46.6 Å². The van der Waals surface area contributed by atoms with Crippen molar-refractivity contribution in [3.8, 4) is 16.8 Å². The van der Waals surface area contributed by atoms with E-state index < -0.39 is 5.91 Å². The Labute approximate surface area is 210 Å². The number of para-hydroxylation sites is 1. The number of rotatable bonds is 8. The average Bonchev–Trinajstić information content (AvgIpc) is 3.21. The molecular formula is C28H31ClN4O2. The van der Waals surface area contributed by atoms with Gasteiger partial charge in [-0.1, -0.05) is 55.3 Å². The van der Waals surface area contributed by atoms with Gasteiger partial charge < -0.3 is 10.3 Å². The van der Waals surface area contributed by atoms with Crippen molar-refractivity contribution in [1.29, 1.82) is 0 Å². The highest BCUT2D eigenvalue weighted by molar-refractivity contribution is 6.30. The molecule has 0 radical (unpaired) electrons. The third-order valence-electron chi connectivity index (χ3n) is 6.68. The van der Waals surface area contributed by atoms with E-state index in [-0.39, 0.29) is 5.56 Å². The minimum absolute atomic E-state index is 0.170. The van der Waals surface area contributed by atoms with Gasteiger partial charge in [0.05, 0.1) is 16.8 Å². The molecule has 2 N–H and O–H groups in total. The Morgan fingerprint density at radius 3 is 2.34 bits per heavy atom. The number of halogens is 1. The second kappa shape index (κ2) is 10.0. The summed E-state index contributed by atoms with van der Waals surface area (Å²) in [5.41, 5.74) is 11.6. The van der Waals surface area contributed by atoms with Crippen molar-refractivity contribution in [3.05, 3.63) is 98.2 Å². The topological polar surface area (TPSA) is 75.0 Å². The minimum atomic E-state index is -0.533. The standard InChI is InChI=1S/C28H31ClN4O2/c1-5-6-15-23-26(25-18(2)31(4)33(28(25)35)22-13-8-7-9-14-22)24(27(30)34)19(3)32(23)17-20-11-10-12-21(29)16-20/h7-14,16H,5-6,15,17H2,1-4H3,(H2,30,34). The molecule has 2 aromatic heterocycles. The summed E-state index contributed by atoms with van der Waals surface area (Å²) in [6.45, 7) is 6.47. The highest BCUT2D eigenvalue weighted by Crippen LogP contribution is 2.35. The van der Waals surface area contributed by atoms with E-state index in [2.05, 4.69) is 11.5 Å². The number of carbonyl (C=O) groups excluding carboxylic acids is 1. The molecule has 7 heteroatoms. The first-order chi connectivity index (χ1) is 16.8. The van der Waals surface area contributed by atoms with Gasteiger partial charge in [-0.2, -0.15) is 0 Å². The van der Waals surface area contributed by atoms with Crippen molar-refractivity contribution < 1.29 is 4.79 Å². The lowest BCUT2D eigenvalue weighted by atomic mass is 9.98. The van der Waals surface area contributed by atoms with Crippen molar-refractivity contribution in [1.82, 2.24) is 13.9 Å². The minimum Gasteiger partial charge on any atom is -0.366 e. The molecule has 0 spiro atoms. The van der Waals surface area contributed by atoms with Crippen LogP contribution in [-0.2, 0) is 20.0 Å². The van der Waals surface area contributed by atoms with Gasteiger partial charge in [-0.25, -0.2) is 4.68 Å². The van der Waals surface area contributed by atoms with Crippen LogP contribution in [0, 0.1) is 13.8 Å². The molecule has 0 aliphatic carbocycles. The van der Waals surface area contributed by atoms with Crippen LogP contribution in [-0.4, -0.2) is 19.8 Å². The number of aromatic nitrogens is 3. The van der Waals surface area contributed by atoms with Crippen LogP contribution >= 0.6 is 11.6 Å². The molecule has 0 unspecified atom stereocenters. The molecule has 0 saturated heterocycles. The zero-order chi connectivity index (χ0) is 25.3. The second-order valence-electron chi connectivity index (χ2n) is 8.90. The van der Waals surface area contributed by atoms with Crippen LogP contribution in [0.1, 0.15) is 52.8 Å². The maximum absolute atomic E-state index is 13.9. The average molecular weight is 491 g/mol. The monoisotopic (exact) mass is 490 g/mol. The summed E-state index contributed by atoms with van der Waals surface area (Å²) in [6.07, 6.45) is 2.62. The molecule has 4 aromatic rings. The van der Waals surface area contributed by atoms with Gasteiger partial charge in [0.2, 0.25) is 0 Å². The zero-order valence-electron chi connectivity index (χ0n) is 20.6. The Bertz CT molecular complexity index is 1440. The summed E-state index contributed by atoms with van der Waals surface area (Å²) >= 11 is 6.25. The van der Waals surface area contributed by atoms with Gasteiger partial charge in [0.1, 0.15) is 0 Å². The number of amides is 1. The molecule has 0 bridgehead atoms. The van der Waals surface area contributed by atoms with Crippen molar-refractivity contribution >= 4 is 17.5 Å². The van der Waals surface area contributed by atoms with E-state index in [1.165, 1.54) is 0 Å². The Morgan fingerprint density at radius 2 is 1.71 bits per heavy atom. The van der Waals surface area contributed by atoms with Gasteiger partial charge in [-0.3, -0.25) is 14.3 Å². The molecule has 0 saturated carbocycles. The fourth-order valence-electron chi connectivity index (χ4n) is 4.86. The summed E-state index contributed by atoms with van der Waals surface area (Å²) < 4.78 is 5.60. The van der Waals surface area contributed by atoms with Crippen molar-refractivity contribution in [2.24, 2.45) is 12.8 Å². The fraction of sp³-hybridized carbons (Fsp3) is 0.286. The molecule has 0 aliphatic rings. The lowest BCUT2D eigenvalue weighted by Gasteiger charge is -2.13. The fourth-order valence-corrected chi connectivity index (χ4v) is 5.07. The van der Waals surface area contributed by atoms with Crippen LogP contribution in [0.3, 0.4) is 0 Å². The first-order valence-electron chi connectivity index (χ1n) is 11.9. The maximum atomic E-state index is 13.9. The maximum Gasteiger partial charge on any atom is 0.279 e. The molecule has 0 fully saturated rings. The van der Waals surface area contributed by atoms with E-state index in [0.29, 0.717) is 28.3 Å². The smallest absolute Gasteiger partial charge is 0.279 e. The highest BCUT2D eigenvalue weighted by Gasteiger charge is 2.30. The van der Waals surface area contributed by atoms with Gasteiger partial charge in [-0.05, 0) is 56.5 Å². The quantitative estimate of drug-likeness (QED) is 0.359. The second-order valence-corrected chi connectivity index (χ2v) is 9.34. The van der Waals surface area contributed by atoms with E-state index in [9.17, 15) is 9.59 Å². The van der Waals surface area contributed by atoms with Crippen LogP contribution in [0.15, 0.2) is 59.4 Å². The lowest BCUT2D eigenvalue weighted by Crippen LogP contribution is -2.21. The predicted molar refractivity (Wildman–Crippen MR) is 142 cm³/mol. The van der Waals surface area contributed by atoms with Crippen LogP contribution in [0.5, 0.6) is 0 Å². The number of unbranched alkanes of at least 4 members (excludes halogenated alkanes) is 1. The van der Waals surface area contributed by atoms with Crippen LogP contribution in [0.25, 0.3) is 16.8 Å². The van der Waals surface area contributed by atoms with E-state index in [0.717, 1.165) is 47.6 Å². The van der Waals surface area contributed by atoms with Crippen LogP contribution in [0.4, 0.5) is 0 Å². The van der Waals surface area contributed by atoms with Gasteiger partial charge in [0, 0.05) is 41.3 Å². The van der Waals surface area contributed by atoms with Crippen molar-refractivity contribution in [2.75, 3.05) is 0 Å². The van der Waals surface area contributed by atoms with Gasteiger partial charge in [0.25, 0.3) is 11.5 Å². The van der Waals surface area contributed by atoms with E-state index >= 15 is 0 Å². The number of hydrogen-bond acceptors (Lipinski definition) is 2. The summed E-state index contributed by atoms with van der Waals surface area (Å²) in [5.74, 6) is -0.533. The summed E-state index contributed by atoms with van der Waals surface area (Å²) in [4.78, 5) is 26.7. The number of nitrogens with two attached hydrogens (primary N) is 1. The molecular weight excluding hydrogens is 460 g/mol. The number of benzene rings is 2. The first-order valence-corrected chi connectivity index (χ1v) is 12.2. The predicted octanol–water partition coefficient (Wildman–Crippen LogP) is 5.40. The van der Waals surface area contributed by atoms with E-state index in [4.69, 9.17) is 17.3 Å². The highest BCUT2D eigenvalue weighted by atomic mass is 35.5. The molecule has 182 valence electrons. The summed E-state index contributed by atoms with van der Waals surface area (Å²) in [7, 11) is 1.86. The number of nitrogens with zero attached hydrogens (tertiary/aromatic N) is 3. The Morgan fingerprint density at radius 1 is 1.00 bits per heavy atom. The molecule has 1 amide bonds. The molecule has 0 atom stereocenters. The van der Waals surface area contributed by atoms with E-state index in [1.54, 1.807) is 4.68 Å². The molecule has 2 heterocycles. The SMILES string of the molecule is CCCCc1c(-c2c(C)n(C)n(-c3ccccc3)c2=O)c(C(N)=O)c(C)n1Cc1cccc(Cl)c1. The molecule has 35 heavy (non-hydrogen) atoms. The van der Waals surface area contributed by atoms with Gasteiger partial charge in [0.15, 0.2) is 0 Å². The molecule has 2 aromatic carbocycles. The molecule has 0 aliphatic heterocycles. The zero-order valence-corrected chi connectivity index (χ0v) is 21.4. The van der Waals surface area contributed by atoms with Crippen LogP contribution in [0.2, 0.25) is 5.02 Å². The van der Waals surface area contributed by atoms with Gasteiger partial charge in [-0.15, -0.1) is 0 Å². The Hall–Kier alpha value is -3.51. The van der Waals surface area contributed by atoms with Gasteiger partial charge >= 0.3 is 0 Å². The van der Waals surface area contributed by atoms with Crippen LogP contribution < -0.4 is 11.3 Å². The summed E-state index contributed by atoms with van der Waals surface area (Å²) in [6, 6.07) is 17.2. The Kier molecular flexibility index (Phi) is 7.03. The molecule has 4 rings (SSSR count). The third kappa shape index (κ3) is 4.46. The molecule has 6 nitrogen and oxygen atoms in total. The third-order valence-corrected chi connectivity index (χ3v) is 6.91. The number of carbonyl (C=O) groups is 1. The lowest BCUT2D eigenvalue weighted by molar-refractivity contribution is 0.1000. The first kappa shape index (κ1) is 24.6. The van der Waals surface area contributed by atoms with Crippen molar-refractivity contribution in [3.63, 3.8) is 0 Å². The Balaban J connectivity index is 2.02. The normalized spacial score (nSPS) is 11.2. The number of hydrogen-bond donors (Lipinski definition) is 1. The number of primary amides is 1.